The Morgan fingerprint density at radius 1 is 1.19 bits per heavy atom. The van der Waals surface area contributed by atoms with E-state index in [4.69, 9.17) is 9.47 Å². The predicted octanol–water partition coefficient (Wildman–Crippen LogP) is 2.64. The largest absolute Gasteiger partial charge is 0.493 e. The Hall–Kier alpha value is -2.50. The quantitative estimate of drug-likeness (QED) is 0.759. The van der Waals surface area contributed by atoms with Crippen LogP contribution < -0.4 is 14.8 Å². The first-order valence-electron chi connectivity index (χ1n) is 9.04. The van der Waals surface area contributed by atoms with Gasteiger partial charge in [-0.3, -0.25) is 9.59 Å². The number of nitrogens with one attached hydrogen (secondary N) is 1. The minimum Gasteiger partial charge on any atom is -0.493 e. The van der Waals surface area contributed by atoms with Gasteiger partial charge in [0.25, 0.3) is 5.91 Å². The van der Waals surface area contributed by atoms with Crippen LogP contribution in [0, 0.1) is 5.92 Å². The molecule has 0 radical (unpaired) electrons. The monoisotopic (exact) mass is 360 g/mol. The van der Waals surface area contributed by atoms with Crippen molar-refractivity contribution in [1.29, 1.82) is 0 Å². The normalized spacial score (nSPS) is 15.1. The van der Waals surface area contributed by atoms with E-state index in [1.165, 1.54) is 0 Å². The zero-order valence-electron chi connectivity index (χ0n) is 15.8. The second-order valence-electron chi connectivity index (χ2n) is 6.36. The molecule has 1 fully saturated rings. The molecule has 1 aliphatic heterocycles. The van der Waals surface area contributed by atoms with E-state index in [-0.39, 0.29) is 11.8 Å². The number of carbonyl (C=O) groups is 2. The van der Waals surface area contributed by atoms with Crippen molar-refractivity contribution in [2.45, 2.75) is 26.2 Å². The minimum absolute atomic E-state index is 0.0830. The number of piperidine rings is 1. The van der Waals surface area contributed by atoms with Gasteiger partial charge in [-0.05, 0) is 49.5 Å². The maximum absolute atomic E-state index is 12.4. The van der Waals surface area contributed by atoms with Gasteiger partial charge in [-0.1, -0.05) is 13.0 Å². The van der Waals surface area contributed by atoms with Crippen molar-refractivity contribution in [2.24, 2.45) is 5.92 Å². The maximum Gasteiger partial charge on any atom is 0.251 e. The molecule has 26 heavy (non-hydrogen) atoms. The Labute approximate surface area is 155 Å². The zero-order chi connectivity index (χ0) is 18.9. The first-order chi connectivity index (χ1) is 12.6. The number of amides is 2. The second-order valence-corrected chi connectivity index (χ2v) is 6.36. The van der Waals surface area contributed by atoms with Gasteiger partial charge in [0.1, 0.15) is 0 Å². The van der Waals surface area contributed by atoms with E-state index in [0.29, 0.717) is 29.5 Å². The average molecular weight is 360 g/mol. The highest BCUT2D eigenvalue weighted by atomic mass is 16.5. The number of likely N-dealkylation sites (tertiary alicyclic amines) is 1. The van der Waals surface area contributed by atoms with Crippen LogP contribution in [0.1, 0.15) is 36.5 Å². The topological polar surface area (TPSA) is 67.9 Å². The number of benzene rings is 1. The van der Waals surface area contributed by atoms with E-state index in [2.05, 4.69) is 5.32 Å². The number of hydrogen-bond acceptors (Lipinski definition) is 4. The van der Waals surface area contributed by atoms with E-state index < -0.39 is 0 Å². The Balaban J connectivity index is 1.82. The molecule has 1 aromatic carbocycles. The van der Waals surface area contributed by atoms with Crippen molar-refractivity contribution in [3.63, 3.8) is 0 Å². The van der Waals surface area contributed by atoms with Crippen molar-refractivity contribution >= 4 is 11.8 Å². The summed E-state index contributed by atoms with van der Waals surface area (Å²) in [7, 11) is 3.11. The highest BCUT2D eigenvalue weighted by Crippen LogP contribution is 2.27. The summed E-state index contributed by atoms with van der Waals surface area (Å²) < 4.78 is 10.4. The van der Waals surface area contributed by atoms with Gasteiger partial charge in [0.15, 0.2) is 11.5 Å². The van der Waals surface area contributed by atoms with Gasteiger partial charge >= 0.3 is 0 Å². The zero-order valence-corrected chi connectivity index (χ0v) is 15.8. The van der Waals surface area contributed by atoms with Crippen LogP contribution in [-0.4, -0.2) is 50.6 Å². The lowest BCUT2D eigenvalue weighted by Gasteiger charge is -2.31. The molecule has 1 N–H and O–H groups in total. The fraction of sp³-hybridized carbons (Fsp3) is 0.500. The van der Waals surface area contributed by atoms with E-state index in [1.807, 2.05) is 17.9 Å². The molecule has 6 nitrogen and oxygen atoms in total. The van der Waals surface area contributed by atoms with Gasteiger partial charge in [0.2, 0.25) is 5.91 Å². The second kappa shape index (κ2) is 9.85. The van der Waals surface area contributed by atoms with Crippen LogP contribution in [0.25, 0.3) is 0 Å². The van der Waals surface area contributed by atoms with Crippen molar-refractivity contribution in [3.8, 4) is 11.5 Å². The first kappa shape index (κ1) is 19.8. The van der Waals surface area contributed by atoms with Gasteiger partial charge in [-0.15, -0.1) is 0 Å². The van der Waals surface area contributed by atoms with E-state index in [0.717, 1.165) is 32.4 Å². The van der Waals surface area contributed by atoms with Crippen molar-refractivity contribution in [3.05, 3.63) is 35.9 Å². The van der Waals surface area contributed by atoms with Crippen LogP contribution in [0.5, 0.6) is 11.5 Å². The van der Waals surface area contributed by atoms with Crippen LogP contribution in [0.3, 0.4) is 0 Å². The van der Waals surface area contributed by atoms with Crippen molar-refractivity contribution in [1.82, 2.24) is 10.2 Å². The molecular weight excluding hydrogens is 332 g/mol. The number of methoxy groups -OCH3 is 2. The Morgan fingerprint density at radius 2 is 1.88 bits per heavy atom. The van der Waals surface area contributed by atoms with Crippen LogP contribution in [-0.2, 0) is 4.79 Å². The van der Waals surface area contributed by atoms with Gasteiger partial charge < -0.3 is 19.7 Å². The highest BCUT2D eigenvalue weighted by Gasteiger charge is 2.22. The number of rotatable bonds is 7. The molecule has 1 saturated heterocycles. The molecule has 2 rings (SSSR count). The molecule has 1 aromatic rings. The molecule has 0 aromatic heterocycles. The summed E-state index contributed by atoms with van der Waals surface area (Å²) in [5.41, 5.74) is 0.542. The standard InChI is InChI=1S/C20H28N2O4/c1-4-5-6-19(23)22-11-9-15(10-12-22)14-21-20(24)16-7-8-17(25-2)18(13-16)26-3/h5-8,13,15H,4,9-12,14H2,1-3H3,(H,21,24)/b6-5+. The molecule has 0 bridgehead atoms. The third-order valence-corrected chi connectivity index (χ3v) is 4.62. The van der Waals surface area contributed by atoms with Crippen molar-refractivity contribution < 1.29 is 19.1 Å². The maximum atomic E-state index is 12.4. The van der Waals surface area contributed by atoms with Crippen LogP contribution >= 0.6 is 0 Å². The molecule has 0 aliphatic carbocycles. The fourth-order valence-electron chi connectivity index (χ4n) is 3.00. The summed E-state index contributed by atoms with van der Waals surface area (Å²) in [5.74, 6) is 1.47. The predicted molar refractivity (Wildman–Crippen MR) is 101 cm³/mol. The molecule has 142 valence electrons. The number of allylic oxidation sites excluding steroid dienone is 1. The Bertz CT molecular complexity index is 649. The molecule has 0 unspecified atom stereocenters. The molecule has 0 spiro atoms. The van der Waals surface area contributed by atoms with Crippen LogP contribution in [0.4, 0.5) is 0 Å². The molecule has 0 atom stereocenters. The van der Waals surface area contributed by atoms with E-state index in [1.54, 1.807) is 38.5 Å². The summed E-state index contributed by atoms with van der Waals surface area (Å²) in [4.78, 5) is 26.2. The number of ether oxygens (including phenoxy) is 2. The number of hydrogen-bond donors (Lipinski definition) is 1. The van der Waals surface area contributed by atoms with Gasteiger partial charge in [0, 0.05) is 25.2 Å². The lowest BCUT2D eigenvalue weighted by Crippen LogP contribution is -2.41. The van der Waals surface area contributed by atoms with Crippen molar-refractivity contribution in [2.75, 3.05) is 33.9 Å². The lowest BCUT2D eigenvalue weighted by molar-refractivity contribution is -0.127. The summed E-state index contributed by atoms with van der Waals surface area (Å²) in [6.45, 7) is 4.10. The molecule has 1 heterocycles. The third kappa shape index (κ3) is 5.25. The van der Waals surface area contributed by atoms with E-state index in [9.17, 15) is 9.59 Å². The molecule has 0 saturated carbocycles. The van der Waals surface area contributed by atoms with E-state index >= 15 is 0 Å². The highest BCUT2D eigenvalue weighted by molar-refractivity contribution is 5.94. The molecule has 6 heteroatoms. The SMILES string of the molecule is CC/C=C/C(=O)N1CCC(CNC(=O)c2ccc(OC)c(OC)c2)CC1. The van der Waals surface area contributed by atoms with Gasteiger partial charge in [-0.2, -0.15) is 0 Å². The molecule has 2 amide bonds. The molecule has 1 aliphatic rings. The van der Waals surface area contributed by atoms with Crippen LogP contribution in [0.15, 0.2) is 30.4 Å². The minimum atomic E-state index is -0.129. The van der Waals surface area contributed by atoms with Gasteiger partial charge in [0.05, 0.1) is 14.2 Å². The smallest absolute Gasteiger partial charge is 0.251 e. The third-order valence-electron chi connectivity index (χ3n) is 4.62. The summed E-state index contributed by atoms with van der Waals surface area (Å²) in [5, 5.41) is 2.98. The summed E-state index contributed by atoms with van der Waals surface area (Å²) in [6, 6.07) is 5.12. The summed E-state index contributed by atoms with van der Waals surface area (Å²) >= 11 is 0. The lowest BCUT2D eigenvalue weighted by atomic mass is 9.96. The van der Waals surface area contributed by atoms with Gasteiger partial charge in [-0.25, -0.2) is 0 Å². The number of carbonyl (C=O) groups excluding carboxylic acids is 2. The fourth-order valence-corrected chi connectivity index (χ4v) is 3.00. The Kier molecular flexibility index (Phi) is 7.51. The summed E-state index contributed by atoms with van der Waals surface area (Å²) in [6.07, 6.45) is 6.21. The molecular formula is C20H28N2O4. The Morgan fingerprint density at radius 3 is 2.50 bits per heavy atom. The first-order valence-corrected chi connectivity index (χ1v) is 9.04. The number of nitrogens with zero attached hydrogens (tertiary/aromatic N) is 1. The average Bonchev–Trinajstić information content (AvgIpc) is 2.69. The van der Waals surface area contributed by atoms with Crippen LogP contribution in [0.2, 0.25) is 0 Å².